The van der Waals surface area contributed by atoms with Crippen molar-refractivity contribution in [2.45, 2.75) is 6.10 Å². The van der Waals surface area contributed by atoms with Crippen LogP contribution in [0.4, 0.5) is 5.69 Å². The molecule has 2 N–H and O–H groups in total. The predicted octanol–water partition coefficient (Wildman–Crippen LogP) is 4.80. The van der Waals surface area contributed by atoms with E-state index in [0.717, 1.165) is 26.6 Å². The third kappa shape index (κ3) is 3.40. The van der Waals surface area contributed by atoms with E-state index in [9.17, 15) is 5.11 Å². The number of aromatic nitrogens is 1. The van der Waals surface area contributed by atoms with Gasteiger partial charge in [0.2, 0.25) is 0 Å². The van der Waals surface area contributed by atoms with Gasteiger partial charge in [-0.15, -0.1) is 0 Å². The van der Waals surface area contributed by atoms with Gasteiger partial charge in [0, 0.05) is 33.3 Å². The second-order valence-corrected chi connectivity index (χ2v) is 6.32. The Morgan fingerprint density at radius 1 is 1.14 bits per heavy atom. The zero-order valence-corrected chi connectivity index (χ0v) is 14.0. The number of hydrogen-bond acceptors (Lipinski definition) is 3. The summed E-state index contributed by atoms with van der Waals surface area (Å²) in [6.45, 7) is 0.414. The first-order chi connectivity index (χ1) is 10.6. The van der Waals surface area contributed by atoms with Gasteiger partial charge in [-0.05, 0) is 42.0 Å². The number of benzene rings is 2. The lowest BCUT2D eigenvalue weighted by Gasteiger charge is -2.14. The minimum absolute atomic E-state index is 0.414. The highest BCUT2D eigenvalue weighted by Gasteiger charge is 2.08. The number of pyridine rings is 1. The molecule has 0 amide bonds. The highest BCUT2D eigenvalue weighted by molar-refractivity contribution is 9.10. The van der Waals surface area contributed by atoms with Gasteiger partial charge < -0.3 is 10.4 Å². The van der Waals surface area contributed by atoms with Gasteiger partial charge in [0.1, 0.15) is 0 Å². The second kappa shape index (κ2) is 6.65. The molecule has 0 aliphatic carbocycles. The number of anilines is 1. The van der Waals surface area contributed by atoms with Gasteiger partial charge in [-0.1, -0.05) is 39.7 Å². The Labute approximate surface area is 142 Å². The molecule has 1 heterocycles. The first-order valence-electron chi connectivity index (χ1n) is 6.85. The third-order valence-electron chi connectivity index (χ3n) is 3.45. The summed E-state index contributed by atoms with van der Waals surface area (Å²) >= 11 is 9.30. The number of aliphatic hydroxyl groups excluding tert-OH is 1. The second-order valence-electron chi connectivity index (χ2n) is 4.97. The molecule has 112 valence electrons. The van der Waals surface area contributed by atoms with Crippen LogP contribution in [-0.4, -0.2) is 16.6 Å². The van der Waals surface area contributed by atoms with Crippen molar-refractivity contribution in [2.75, 3.05) is 11.9 Å². The molecule has 0 fully saturated rings. The average Bonchev–Trinajstić information content (AvgIpc) is 2.52. The highest BCUT2D eigenvalue weighted by Crippen LogP contribution is 2.25. The van der Waals surface area contributed by atoms with Gasteiger partial charge in [-0.25, -0.2) is 0 Å². The molecule has 0 saturated carbocycles. The fourth-order valence-corrected chi connectivity index (χ4v) is 2.76. The molecule has 0 aliphatic rings. The SMILES string of the molecule is OC(CNc1ccnc2cc(Br)ccc12)c1ccc(Cl)cc1. The topological polar surface area (TPSA) is 45.1 Å². The minimum Gasteiger partial charge on any atom is -0.387 e. The van der Waals surface area contributed by atoms with E-state index in [1.165, 1.54) is 0 Å². The Morgan fingerprint density at radius 3 is 2.68 bits per heavy atom. The van der Waals surface area contributed by atoms with Gasteiger partial charge in [0.25, 0.3) is 0 Å². The smallest absolute Gasteiger partial charge is 0.0962 e. The normalized spacial score (nSPS) is 12.3. The number of rotatable bonds is 4. The van der Waals surface area contributed by atoms with Crippen LogP contribution in [0.1, 0.15) is 11.7 Å². The summed E-state index contributed by atoms with van der Waals surface area (Å²) < 4.78 is 0.992. The number of nitrogens with one attached hydrogen (secondary N) is 1. The fraction of sp³-hybridized carbons (Fsp3) is 0.118. The van der Waals surface area contributed by atoms with Crippen molar-refractivity contribution in [3.8, 4) is 0 Å². The summed E-state index contributed by atoms with van der Waals surface area (Å²) in [6.07, 6.45) is 1.15. The van der Waals surface area contributed by atoms with Crippen LogP contribution in [0, 0.1) is 0 Å². The molecule has 1 atom stereocenters. The molecule has 3 rings (SSSR count). The molecule has 0 saturated heterocycles. The van der Waals surface area contributed by atoms with Crippen LogP contribution < -0.4 is 5.32 Å². The Kier molecular flexibility index (Phi) is 4.62. The van der Waals surface area contributed by atoms with Crippen LogP contribution in [0.15, 0.2) is 59.2 Å². The largest absolute Gasteiger partial charge is 0.387 e. The maximum absolute atomic E-state index is 10.3. The van der Waals surface area contributed by atoms with E-state index in [-0.39, 0.29) is 0 Å². The first-order valence-corrected chi connectivity index (χ1v) is 8.02. The van der Waals surface area contributed by atoms with Crippen LogP contribution in [0.2, 0.25) is 5.02 Å². The minimum atomic E-state index is -0.601. The van der Waals surface area contributed by atoms with E-state index in [1.54, 1.807) is 18.3 Å². The molecule has 0 aliphatic heterocycles. The predicted molar refractivity (Wildman–Crippen MR) is 94.3 cm³/mol. The van der Waals surface area contributed by atoms with E-state index in [0.29, 0.717) is 11.6 Å². The lowest BCUT2D eigenvalue weighted by Crippen LogP contribution is -2.12. The molecular formula is C17H14BrClN2O. The molecule has 0 spiro atoms. The molecule has 2 aromatic carbocycles. The van der Waals surface area contributed by atoms with E-state index < -0.39 is 6.10 Å². The van der Waals surface area contributed by atoms with Crippen molar-refractivity contribution >= 4 is 44.1 Å². The van der Waals surface area contributed by atoms with Crippen LogP contribution in [0.3, 0.4) is 0 Å². The van der Waals surface area contributed by atoms with Crippen molar-refractivity contribution < 1.29 is 5.11 Å². The molecule has 0 bridgehead atoms. The summed E-state index contributed by atoms with van der Waals surface area (Å²) in [6, 6.07) is 15.1. The third-order valence-corrected chi connectivity index (χ3v) is 4.19. The summed E-state index contributed by atoms with van der Waals surface area (Å²) in [5.74, 6) is 0. The summed E-state index contributed by atoms with van der Waals surface area (Å²) in [7, 11) is 0. The van der Waals surface area contributed by atoms with E-state index in [4.69, 9.17) is 11.6 Å². The number of hydrogen-bond donors (Lipinski definition) is 2. The molecule has 22 heavy (non-hydrogen) atoms. The van der Waals surface area contributed by atoms with Crippen molar-refractivity contribution in [1.29, 1.82) is 0 Å². The van der Waals surface area contributed by atoms with Gasteiger partial charge in [-0.3, -0.25) is 4.98 Å². The van der Waals surface area contributed by atoms with Crippen LogP contribution in [0.25, 0.3) is 10.9 Å². The Hall–Kier alpha value is -1.62. The Balaban J connectivity index is 1.77. The first kappa shape index (κ1) is 15.3. The van der Waals surface area contributed by atoms with Crippen LogP contribution in [0.5, 0.6) is 0 Å². The lowest BCUT2D eigenvalue weighted by atomic mass is 10.1. The van der Waals surface area contributed by atoms with Gasteiger partial charge in [-0.2, -0.15) is 0 Å². The van der Waals surface area contributed by atoms with Crippen molar-refractivity contribution in [1.82, 2.24) is 4.98 Å². The van der Waals surface area contributed by atoms with Gasteiger partial charge in [0.15, 0.2) is 0 Å². The zero-order chi connectivity index (χ0) is 15.5. The fourth-order valence-electron chi connectivity index (χ4n) is 2.28. The summed E-state index contributed by atoms with van der Waals surface area (Å²) in [5.41, 5.74) is 2.68. The summed E-state index contributed by atoms with van der Waals surface area (Å²) in [5, 5.41) is 15.2. The number of halogens is 2. The lowest BCUT2D eigenvalue weighted by molar-refractivity contribution is 0.191. The Bertz CT molecular complexity index is 792. The highest BCUT2D eigenvalue weighted by atomic mass is 79.9. The van der Waals surface area contributed by atoms with Crippen LogP contribution >= 0.6 is 27.5 Å². The summed E-state index contributed by atoms with van der Waals surface area (Å²) in [4.78, 5) is 4.35. The quantitative estimate of drug-likeness (QED) is 0.686. The van der Waals surface area contributed by atoms with E-state index in [2.05, 4.69) is 26.2 Å². The maximum Gasteiger partial charge on any atom is 0.0962 e. The van der Waals surface area contributed by atoms with Crippen molar-refractivity contribution in [3.05, 3.63) is 69.8 Å². The molecule has 5 heteroatoms. The molecule has 3 aromatic rings. The molecule has 1 unspecified atom stereocenters. The van der Waals surface area contributed by atoms with Gasteiger partial charge >= 0.3 is 0 Å². The van der Waals surface area contributed by atoms with Crippen molar-refractivity contribution in [3.63, 3.8) is 0 Å². The van der Waals surface area contributed by atoms with Crippen LogP contribution in [-0.2, 0) is 0 Å². The number of fused-ring (bicyclic) bond motifs is 1. The Morgan fingerprint density at radius 2 is 1.91 bits per heavy atom. The number of aliphatic hydroxyl groups is 1. The molecule has 1 aromatic heterocycles. The standard InChI is InChI=1S/C17H14BrClN2O/c18-12-3-6-14-15(7-8-20-16(14)9-12)21-10-17(22)11-1-4-13(19)5-2-11/h1-9,17,22H,10H2,(H,20,21). The maximum atomic E-state index is 10.3. The monoisotopic (exact) mass is 376 g/mol. The molecular weight excluding hydrogens is 364 g/mol. The van der Waals surface area contributed by atoms with Crippen molar-refractivity contribution in [2.24, 2.45) is 0 Å². The molecule has 0 radical (unpaired) electrons. The molecule has 3 nitrogen and oxygen atoms in total. The van der Waals surface area contributed by atoms with E-state index in [1.807, 2.05) is 36.4 Å². The van der Waals surface area contributed by atoms with Gasteiger partial charge in [0.05, 0.1) is 11.6 Å². The average molecular weight is 378 g/mol. The number of nitrogens with zero attached hydrogens (tertiary/aromatic N) is 1. The van der Waals surface area contributed by atoms with E-state index >= 15 is 0 Å². The zero-order valence-electron chi connectivity index (χ0n) is 11.6.